The van der Waals surface area contributed by atoms with Crippen LogP contribution in [0, 0.1) is 0 Å². The molecular formula is C16H18ClNO4. The van der Waals surface area contributed by atoms with Gasteiger partial charge in [-0.1, -0.05) is 11.6 Å². The minimum Gasteiger partial charge on any atom is -0.479 e. The molecule has 5 nitrogen and oxygen atoms in total. The molecule has 1 aliphatic heterocycles. The summed E-state index contributed by atoms with van der Waals surface area (Å²) in [5.41, 5.74) is 0.513. The first-order chi connectivity index (χ1) is 10.5. The molecule has 0 aromatic heterocycles. The van der Waals surface area contributed by atoms with Crippen molar-refractivity contribution < 1.29 is 19.1 Å². The number of anilines is 1. The molecular weight excluding hydrogens is 306 g/mol. The van der Waals surface area contributed by atoms with Gasteiger partial charge in [0.25, 0.3) is 5.91 Å². The minimum atomic E-state index is -0.632. The Labute approximate surface area is 134 Å². The standard InChI is InChI=1S/C16H18ClNO4/c1-10-16(20)18(9-15(19)22-12-4-2-3-5-12)13-8-11(17)6-7-14(13)21-10/h6-8,10,12H,2-5,9H2,1H3. The van der Waals surface area contributed by atoms with Crippen LogP contribution >= 0.6 is 11.6 Å². The maximum atomic E-state index is 12.3. The summed E-state index contributed by atoms with van der Waals surface area (Å²) in [5, 5.41) is 0.485. The molecule has 2 aliphatic rings. The highest BCUT2D eigenvalue weighted by Crippen LogP contribution is 2.36. The quantitative estimate of drug-likeness (QED) is 0.803. The highest BCUT2D eigenvalue weighted by atomic mass is 35.5. The van der Waals surface area contributed by atoms with Gasteiger partial charge in [0, 0.05) is 5.02 Å². The van der Waals surface area contributed by atoms with Crippen molar-refractivity contribution in [3.05, 3.63) is 23.2 Å². The summed E-state index contributed by atoms with van der Waals surface area (Å²) < 4.78 is 11.0. The topological polar surface area (TPSA) is 55.8 Å². The van der Waals surface area contributed by atoms with E-state index in [0.717, 1.165) is 25.7 Å². The Kier molecular flexibility index (Phi) is 4.25. The highest BCUT2D eigenvalue weighted by molar-refractivity contribution is 6.31. The van der Waals surface area contributed by atoms with Gasteiger partial charge in [0.15, 0.2) is 6.10 Å². The Morgan fingerprint density at radius 2 is 2.14 bits per heavy atom. The Morgan fingerprint density at radius 1 is 1.41 bits per heavy atom. The molecule has 1 amide bonds. The van der Waals surface area contributed by atoms with E-state index in [1.165, 1.54) is 4.90 Å². The van der Waals surface area contributed by atoms with E-state index in [2.05, 4.69) is 0 Å². The Bertz CT molecular complexity index is 598. The van der Waals surface area contributed by atoms with Crippen molar-refractivity contribution in [3.63, 3.8) is 0 Å². The zero-order valence-electron chi connectivity index (χ0n) is 12.4. The zero-order valence-corrected chi connectivity index (χ0v) is 13.1. The number of amides is 1. The van der Waals surface area contributed by atoms with E-state index in [4.69, 9.17) is 21.1 Å². The SMILES string of the molecule is CC1Oc2ccc(Cl)cc2N(CC(=O)OC2CCCC2)C1=O. The smallest absolute Gasteiger partial charge is 0.326 e. The minimum absolute atomic E-state index is 0.0140. The van der Waals surface area contributed by atoms with Gasteiger partial charge in [-0.25, -0.2) is 0 Å². The van der Waals surface area contributed by atoms with Crippen molar-refractivity contribution in [1.82, 2.24) is 0 Å². The molecule has 3 rings (SSSR count). The van der Waals surface area contributed by atoms with Crippen LogP contribution in [0.15, 0.2) is 18.2 Å². The van der Waals surface area contributed by atoms with Crippen LogP contribution in [0.2, 0.25) is 5.02 Å². The summed E-state index contributed by atoms with van der Waals surface area (Å²) in [5.74, 6) is -0.108. The van der Waals surface area contributed by atoms with Crippen LogP contribution in [0.3, 0.4) is 0 Å². The molecule has 1 aromatic carbocycles. The van der Waals surface area contributed by atoms with Crippen LogP contribution in [-0.2, 0) is 14.3 Å². The van der Waals surface area contributed by atoms with Crippen molar-refractivity contribution in [2.75, 3.05) is 11.4 Å². The highest BCUT2D eigenvalue weighted by Gasteiger charge is 2.33. The molecule has 0 saturated heterocycles. The molecule has 22 heavy (non-hydrogen) atoms. The van der Waals surface area contributed by atoms with Crippen molar-refractivity contribution >= 4 is 29.2 Å². The van der Waals surface area contributed by atoms with E-state index in [-0.39, 0.29) is 24.5 Å². The molecule has 0 spiro atoms. The second-order valence-corrected chi connectivity index (χ2v) is 6.13. The third-order valence-electron chi connectivity index (χ3n) is 4.02. The first kappa shape index (κ1) is 15.2. The van der Waals surface area contributed by atoms with Crippen LogP contribution in [0.25, 0.3) is 0 Å². The summed E-state index contributed by atoms with van der Waals surface area (Å²) in [6.45, 7) is 1.55. The summed E-state index contributed by atoms with van der Waals surface area (Å²) in [6.07, 6.45) is 3.34. The number of esters is 1. The summed E-state index contributed by atoms with van der Waals surface area (Å²) in [4.78, 5) is 25.8. The largest absolute Gasteiger partial charge is 0.479 e. The van der Waals surface area contributed by atoms with Gasteiger partial charge in [-0.05, 0) is 50.8 Å². The molecule has 1 saturated carbocycles. The zero-order chi connectivity index (χ0) is 15.7. The van der Waals surface area contributed by atoms with Crippen molar-refractivity contribution in [1.29, 1.82) is 0 Å². The molecule has 1 atom stereocenters. The first-order valence-electron chi connectivity index (χ1n) is 7.51. The summed E-state index contributed by atoms with van der Waals surface area (Å²) >= 11 is 5.99. The van der Waals surface area contributed by atoms with Gasteiger partial charge >= 0.3 is 5.97 Å². The number of ether oxygens (including phenoxy) is 2. The van der Waals surface area contributed by atoms with Gasteiger partial charge < -0.3 is 9.47 Å². The monoisotopic (exact) mass is 323 g/mol. The normalized spacial score (nSPS) is 21.5. The number of hydrogen-bond acceptors (Lipinski definition) is 4. The van der Waals surface area contributed by atoms with Gasteiger partial charge in [-0.3, -0.25) is 14.5 Å². The molecule has 6 heteroatoms. The Morgan fingerprint density at radius 3 is 2.86 bits per heavy atom. The van der Waals surface area contributed by atoms with Crippen LogP contribution in [0.1, 0.15) is 32.6 Å². The van der Waals surface area contributed by atoms with Crippen LogP contribution in [-0.4, -0.2) is 30.6 Å². The number of rotatable bonds is 3. The second kappa shape index (κ2) is 6.16. The third kappa shape index (κ3) is 3.04. The molecule has 118 valence electrons. The summed E-state index contributed by atoms with van der Waals surface area (Å²) in [7, 11) is 0. The number of carbonyl (C=O) groups excluding carboxylic acids is 2. The number of fused-ring (bicyclic) bond motifs is 1. The van der Waals surface area contributed by atoms with Crippen molar-refractivity contribution in [2.24, 2.45) is 0 Å². The van der Waals surface area contributed by atoms with Crippen LogP contribution in [0.4, 0.5) is 5.69 Å². The van der Waals surface area contributed by atoms with Crippen molar-refractivity contribution in [3.8, 4) is 5.75 Å². The third-order valence-corrected chi connectivity index (χ3v) is 4.25. The number of carbonyl (C=O) groups is 2. The van der Waals surface area contributed by atoms with E-state index in [1.54, 1.807) is 25.1 Å². The predicted molar refractivity (Wildman–Crippen MR) is 82.2 cm³/mol. The number of benzene rings is 1. The lowest BCUT2D eigenvalue weighted by Crippen LogP contribution is -2.47. The van der Waals surface area contributed by atoms with Gasteiger partial charge in [-0.2, -0.15) is 0 Å². The lowest BCUT2D eigenvalue weighted by Gasteiger charge is -2.32. The predicted octanol–water partition coefficient (Wildman–Crippen LogP) is 2.94. The number of halogens is 1. The molecule has 1 unspecified atom stereocenters. The average Bonchev–Trinajstić information content (AvgIpc) is 2.97. The van der Waals surface area contributed by atoms with Crippen LogP contribution < -0.4 is 9.64 Å². The molecule has 0 bridgehead atoms. The Balaban J connectivity index is 1.77. The fourth-order valence-electron chi connectivity index (χ4n) is 2.90. The number of nitrogens with zero attached hydrogens (tertiary/aromatic N) is 1. The lowest BCUT2D eigenvalue weighted by atomic mass is 10.2. The lowest BCUT2D eigenvalue weighted by molar-refractivity contribution is -0.148. The molecule has 1 aromatic rings. The van der Waals surface area contributed by atoms with E-state index in [0.29, 0.717) is 16.5 Å². The molecule has 1 heterocycles. The van der Waals surface area contributed by atoms with Crippen LogP contribution in [0.5, 0.6) is 5.75 Å². The molecule has 0 N–H and O–H groups in total. The van der Waals surface area contributed by atoms with E-state index < -0.39 is 6.10 Å². The average molecular weight is 324 g/mol. The first-order valence-corrected chi connectivity index (χ1v) is 7.89. The maximum absolute atomic E-state index is 12.3. The molecule has 1 aliphatic carbocycles. The molecule has 0 radical (unpaired) electrons. The molecule has 1 fully saturated rings. The van der Waals surface area contributed by atoms with E-state index in [1.807, 2.05) is 0 Å². The van der Waals surface area contributed by atoms with Gasteiger partial charge in [0.05, 0.1) is 5.69 Å². The van der Waals surface area contributed by atoms with E-state index in [9.17, 15) is 9.59 Å². The summed E-state index contributed by atoms with van der Waals surface area (Å²) in [6, 6.07) is 5.03. The Hall–Kier alpha value is -1.75. The van der Waals surface area contributed by atoms with Crippen molar-refractivity contribution in [2.45, 2.75) is 44.8 Å². The van der Waals surface area contributed by atoms with Gasteiger partial charge in [0.2, 0.25) is 0 Å². The number of hydrogen-bond donors (Lipinski definition) is 0. The maximum Gasteiger partial charge on any atom is 0.326 e. The fraction of sp³-hybridized carbons (Fsp3) is 0.500. The van der Waals surface area contributed by atoms with E-state index >= 15 is 0 Å². The second-order valence-electron chi connectivity index (χ2n) is 5.69. The fourth-order valence-corrected chi connectivity index (χ4v) is 3.07. The van der Waals surface area contributed by atoms with Gasteiger partial charge in [-0.15, -0.1) is 0 Å². The van der Waals surface area contributed by atoms with Gasteiger partial charge in [0.1, 0.15) is 18.4 Å².